The number of nitrogens with zero attached hydrogens (tertiary/aromatic N) is 1. The zero-order valence-electron chi connectivity index (χ0n) is 9.91. The number of halogens is 2. The number of anilines is 1. The van der Waals surface area contributed by atoms with Gasteiger partial charge in [0.2, 0.25) is 0 Å². The standard InChI is InChI=1S/C11H16N2O2S.2ClH/c12-9-10-2-1-3-11(8-10)13-4-6-16(14,15)7-5-13;;/h1-3,8H,4-7,9,12H2;2*1H. The van der Waals surface area contributed by atoms with Gasteiger partial charge in [-0.25, -0.2) is 8.42 Å². The number of rotatable bonds is 2. The predicted molar refractivity (Wildman–Crippen MR) is 79.7 cm³/mol. The van der Waals surface area contributed by atoms with Crippen LogP contribution in [0.2, 0.25) is 0 Å². The fourth-order valence-corrected chi connectivity index (χ4v) is 3.05. The van der Waals surface area contributed by atoms with Crippen LogP contribution in [0.4, 0.5) is 5.69 Å². The second-order valence-corrected chi connectivity index (χ2v) is 6.32. The Labute approximate surface area is 120 Å². The topological polar surface area (TPSA) is 63.4 Å². The van der Waals surface area contributed by atoms with Crippen molar-refractivity contribution in [3.8, 4) is 0 Å². The van der Waals surface area contributed by atoms with Crippen molar-refractivity contribution in [2.75, 3.05) is 29.5 Å². The second kappa shape index (κ2) is 7.19. The van der Waals surface area contributed by atoms with E-state index in [0.29, 0.717) is 19.6 Å². The molecule has 0 bridgehead atoms. The van der Waals surface area contributed by atoms with Crippen molar-refractivity contribution in [2.24, 2.45) is 5.73 Å². The fraction of sp³-hybridized carbons (Fsp3) is 0.455. The van der Waals surface area contributed by atoms with Crippen LogP contribution in [0.3, 0.4) is 0 Å². The fourth-order valence-electron chi connectivity index (χ4n) is 1.85. The molecule has 1 fully saturated rings. The molecule has 0 unspecified atom stereocenters. The van der Waals surface area contributed by atoms with Crippen LogP contribution in [-0.4, -0.2) is 33.0 Å². The number of benzene rings is 1. The van der Waals surface area contributed by atoms with Crippen LogP contribution < -0.4 is 10.6 Å². The average molecular weight is 313 g/mol. The number of sulfone groups is 1. The van der Waals surface area contributed by atoms with E-state index in [0.717, 1.165) is 11.3 Å². The smallest absolute Gasteiger partial charge is 0.153 e. The lowest BCUT2D eigenvalue weighted by Crippen LogP contribution is -2.40. The molecule has 1 aromatic rings. The molecular weight excluding hydrogens is 295 g/mol. The molecule has 4 nitrogen and oxygen atoms in total. The predicted octanol–water partition coefficient (Wildman–Crippen LogP) is 1.22. The van der Waals surface area contributed by atoms with Crippen molar-refractivity contribution in [1.29, 1.82) is 0 Å². The first-order valence-corrected chi connectivity index (χ1v) is 7.17. The van der Waals surface area contributed by atoms with Gasteiger partial charge in [0.15, 0.2) is 9.84 Å². The van der Waals surface area contributed by atoms with Crippen molar-refractivity contribution in [3.05, 3.63) is 29.8 Å². The molecule has 0 spiro atoms. The summed E-state index contributed by atoms with van der Waals surface area (Å²) in [5.41, 5.74) is 7.72. The van der Waals surface area contributed by atoms with Crippen molar-refractivity contribution < 1.29 is 8.42 Å². The Kier molecular flexibility index (Phi) is 6.99. The lowest BCUT2D eigenvalue weighted by molar-refractivity contribution is 0.587. The molecule has 18 heavy (non-hydrogen) atoms. The van der Waals surface area contributed by atoms with E-state index in [1.54, 1.807) is 0 Å². The zero-order chi connectivity index (χ0) is 11.6. The van der Waals surface area contributed by atoms with E-state index in [1.165, 1.54) is 0 Å². The summed E-state index contributed by atoms with van der Waals surface area (Å²) in [7, 11) is -2.81. The highest BCUT2D eigenvalue weighted by Crippen LogP contribution is 2.18. The molecule has 7 heteroatoms. The summed E-state index contributed by atoms with van der Waals surface area (Å²) in [6.45, 7) is 1.67. The normalized spacial score (nSPS) is 17.5. The molecule has 1 aromatic carbocycles. The van der Waals surface area contributed by atoms with E-state index in [2.05, 4.69) is 4.90 Å². The summed E-state index contributed by atoms with van der Waals surface area (Å²) in [4.78, 5) is 2.10. The van der Waals surface area contributed by atoms with Gasteiger partial charge in [0, 0.05) is 25.3 Å². The summed E-state index contributed by atoms with van der Waals surface area (Å²) >= 11 is 0. The molecule has 2 N–H and O–H groups in total. The Bertz CT molecular complexity index is 466. The summed E-state index contributed by atoms with van der Waals surface area (Å²) in [6, 6.07) is 7.96. The van der Waals surface area contributed by atoms with E-state index in [4.69, 9.17) is 5.73 Å². The highest BCUT2D eigenvalue weighted by molar-refractivity contribution is 7.91. The van der Waals surface area contributed by atoms with Gasteiger partial charge in [0.25, 0.3) is 0 Å². The van der Waals surface area contributed by atoms with Crippen LogP contribution in [0.1, 0.15) is 5.56 Å². The molecule has 1 aliphatic heterocycles. The van der Waals surface area contributed by atoms with Gasteiger partial charge in [-0.1, -0.05) is 12.1 Å². The number of hydrogen-bond donors (Lipinski definition) is 1. The Morgan fingerprint density at radius 2 is 1.78 bits per heavy atom. The minimum absolute atomic E-state index is 0. The number of hydrogen-bond acceptors (Lipinski definition) is 4. The Hall–Kier alpha value is -0.490. The van der Waals surface area contributed by atoms with E-state index < -0.39 is 9.84 Å². The highest BCUT2D eigenvalue weighted by Gasteiger charge is 2.21. The van der Waals surface area contributed by atoms with Crippen LogP contribution >= 0.6 is 24.8 Å². The zero-order valence-corrected chi connectivity index (χ0v) is 12.4. The van der Waals surface area contributed by atoms with E-state index in [-0.39, 0.29) is 36.3 Å². The third-order valence-electron chi connectivity index (χ3n) is 2.86. The largest absolute Gasteiger partial charge is 0.369 e. The van der Waals surface area contributed by atoms with E-state index in [9.17, 15) is 8.42 Å². The van der Waals surface area contributed by atoms with Crippen LogP contribution in [0.25, 0.3) is 0 Å². The summed E-state index contributed by atoms with van der Waals surface area (Å²) in [5, 5.41) is 0. The highest BCUT2D eigenvalue weighted by atomic mass is 35.5. The minimum atomic E-state index is -2.81. The molecule has 1 aliphatic rings. The third kappa shape index (κ3) is 4.31. The van der Waals surface area contributed by atoms with Crippen LogP contribution in [0, 0.1) is 0 Å². The minimum Gasteiger partial charge on any atom is -0.369 e. The molecule has 1 saturated heterocycles. The quantitative estimate of drug-likeness (QED) is 0.892. The molecule has 0 aliphatic carbocycles. The summed E-state index contributed by atoms with van der Waals surface area (Å²) in [6.07, 6.45) is 0. The van der Waals surface area contributed by atoms with Gasteiger partial charge in [-0.2, -0.15) is 0 Å². The van der Waals surface area contributed by atoms with Gasteiger partial charge in [-0.15, -0.1) is 24.8 Å². The molecule has 0 radical (unpaired) electrons. The maximum absolute atomic E-state index is 11.3. The lowest BCUT2D eigenvalue weighted by atomic mass is 10.2. The first-order chi connectivity index (χ1) is 7.61. The molecule has 0 aromatic heterocycles. The van der Waals surface area contributed by atoms with Crippen molar-refractivity contribution in [2.45, 2.75) is 6.54 Å². The van der Waals surface area contributed by atoms with Gasteiger partial charge in [0.05, 0.1) is 11.5 Å². The molecule has 104 valence electrons. The molecule has 2 rings (SSSR count). The summed E-state index contributed by atoms with van der Waals surface area (Å²) < 4.78 is 22.6. The van der Waals surface area contributed by atoms with Crippen molar-refractivity contribution in [1.82, 2.24) is 0 Å². The Morgan fingerprint density at radius 3 is 2.33 bits per heavy atom. The van der Waals surface area contributed by atoms with Gasteiger partial charge in [-0.3, -0.25) is 0 Å². The summed E-state index contributed by atoms with van der Waals surface area (Å²) in [5.74, 6) is 0.500. The molecule has 0 atom stereocenters. The third-order valence-corrected chi connectivity index (χ3v) is 4.46. The van der Waals surface area contributed by atoms with Crippen LogP contribution in [0.5, 0.6) is 0 Å². The van der Waals surface area contributed by atoms with Gasteiger partial charge < -0.3 is 10.6 Å². The molecule has 0 saturated carbocycles. The second-order valence-electron chi connectivity index (χ2n) is 4.01. The number of nitrogens with two attached hydrogens (primary N) is 1. The Morgan fingerprint density at radius 1 is 1.17 bits per heavy atom. The SMILES string of the molecule is Cl.Cl.NCc1cccc(N2CCS(=O)(=O)CC2)c1. The lowest BCUT2D eigenvalue weighted by Gasteiger charge is -2.29. The van der Waals surface area contributed by atoms with E-state index in [1.807, 2.05) is 24.3 Å². The van der Waals surface area contributed by atoms with Gasteiger partial charge in [-0.05, 0) is 17.7 Å². The molecule has 1 heterocycles. The Balaban J connectivity index is 0.00000144. The van der Waals surface area contributed by atoms with Crippen molar-refractivity contribution in [3.63, 3.8) is 0 Å². The maximum Gasteiger partial charge on any atom is 0.153 e. The first-order valence-electron chi connectivity index (χ1n) is 5.35. The van der Waals surface area contributed by atoms with Crippen LogP contribution in [-0.2, 0) is 16.4 Å². The monoisotopic (exact) mass is 312 g/mol. The van der Waals surface area contributed by atoms with Gasteiger partial charge in [0.1, 0.15) is 0 Å². The molecule has 0 amide bonds. The first kappa shape index (κ1) is 17.5. The van der Waals surface area contributed by atoms with E-state index >= 15 is 0 Å². The van der Waals surface area contributed by atoms with Gasteiger partial charge >= 0.3 is 0 Å². The average Bonchev–Trinajstić information content (AvgIpc) is 2.29. The molecular formula is C11H18Cl2N2O2S. The van der Waals surface area contributed by atoms with Crippen molar-refractivity contribution >= 4 is 40.3 Å². The maximum atomic E-state index is 11.3. The van der Waals surface area contributed by atoms with Crippen LogP contribution in [0.15, 0.2) is 24.3 Å².